The molecular weight excluding hydrogens is 378 g/mol. The highest BCUT2D eigenvalue weighted by Gasteiger charge is 2.16. The third kappa shape index (κ3) is 3.25. The number of thiazole rings is 1. The summed E-state index contributed by atoms with van der Waals surface area (Å²) in [6, 6.07) is 14.4. The number of hydrogen-bond donors (Lipinski definition) is 0. The van der Waals surface area contributed by atoms with Gasteiger partial charge in [-0.15, -0.1) is 5.10 Å². The van der Waals surface area contributed by atoms with Gasteiger partial charge < -0.3 is 9.47 Å². The van der Waals surface area contributed by atoms with Gasteiger partial charge in [-0.1, -0.05) is 41.7 Å². The molecule has 140 valence electrons. The summed E-state index contributed by atoms with van der Waals surface area (Å²) < 4.78 is 12.3. The molecule has 0 radical (unpaired) electrons. The van der Waals surface area contributed by atoms with E-state index in [0.29, 0.717) is 32.4 Å². The Morgan fingerprint density at radius 1 is 1.11 bits per heavy atom. The molecule has 0 N–H and O–H groups in total. The zero-order chi connectivity index (χ0) is 19.7. The van der Waals surface area contributed by atoms with Crippen molar-refractivity contribution >= 4 is 28.3 Å². The lowest BCUT2D eigenvalue weighted by atomic mass is 10.2. The van der Waals surface area contributed by atoms with Crippen molar-refractivity contribution in [2.24, 2.45) is 0 Å². The molecule has 0 amide bonds. The Kier molecular flexibility index (Phi) is 4.62. The summed E-state index contributed by atoms with van der Waals surface area (Å²) >= 11 is 1.23. The maximum Gasteiger partial charge on any atom is 0.308 e. The molecule has 0 unspecified atom stereocenters. The van der Waals surface area contributed by atoms with Crippen molar-refractivity contribution in [3.8, 4) is 22.9 Å². The van der Waals surface area contributed by atoms with E-state index in [1.165, 1.54) is 22.8 Å². The van der Waals surface area contributed by atoms with Gasteiger partial charge in [0.2, 0.25) is 4.96 Å². The monoisotopic (exact) mass is 393 g/mol. The highest BCUT2D eigenvalue weighted by Crippen LogP contribution is 2.28. The lowest BCUT2D eigenvalue weighted by Gasteiger charge is -2.04. The van der Waals surface area contributed by atoms with E-state index in [9.17, 15) is 9.59 Å². The molecule has 0 bridgehead atoms. The first-order valence-corrected chi connectivity index (χ1v) is 9.20. The molecule has 8 heteroatoms. The van der Waals surface area contributed by atoms with Crippen LogP contribution in [0.4, 0.5) is 0 Å². The van der Waals surface area contributed by atoms with Crippen LogP contribution in [0.25, 0.3) is 22.4 Å². The Hall–Kier alpha value is -3.52. The van der Waals surface area contributed by atoms with E-state index < -0.39 is 5.97 Å². The standard InChI is InChI=1S/C20H15N3O4S/c1-12(24)27-16-10-6-4-8-14(16)18-21-20-23(22-18)19(25)17(28-20)11-13-7-3-5-9-15(13)26-2/h3-11H,1-2H3/b17-11-. The second-order valence-electron chi connectivity index (χ2n) is 5.88. The Labute approximate surface area is 163 Å². The minimum atomic E-state index is -0.438. The van der Waals surface area contributed by atoms with Crippen LogP contribution in [0.5, 0.6) is 11.5 Å². The van der Waals surface area contributed by atoms with Crippen LogP contribution in [0.3, 0.4) is 0 Å². The minimum absolute atomic E-state index is 0.269. The van der Waals surface area contributed by atoms with Gasteiger partial charge in [0.05, 0.1) is 17.2 Å². The first kappa shape index (κ1) is 17.9. The first-order valence-electron chi connectivity index (χ1n) is 8.39. The van der Waals surface area contributed by atoms with Crippen LogP contribution in [-0.2, 0) is 4.79 Å². The number of esters is 1. The quantitative estimate of drug-likeness (QED) is 0.391. The fourth-order valence-corrected chi connectivity index (χ4v) is 3.67. The molecule has 0 saturated heterocycles. The maximum absolute atomic E-state index is 12.8. The smallest absolute Gasteiger partial charge is 0.308 e. The van der Waals surface area contributed by atoms with E-state index in [2.05, 4.69) is 10.1 Å². The Bertz CT molecular complexity index is 1290. The van der Waals surface area contributed by atoms with Gasteiger partial charge in [0.15, 0.2) is 5.82 Å². The molecule has 2 aromatic heterocycles. The van der Waals surface area contributed by atoms with Gasteiger partial charge in [-0.05, 0) is 24.3 Å². The summed E-state index contributed by atoms with van der Waals surface area (Å²) in [5, 5.41) is 4.32. The number of carbonyl (C=O) groups is 1. The van der Waals surface area contributed by atoms with Crippen molar-refractivity contribution in [3.05, 3.63) is 69.0 Å². The van der Waals surface area contributed by atoms with Crippen LogP contribution >= 0.6 is 11.3 Å². The average Bonchev–Trinajstić information content (AvgIpc) is 3.22. The number of para-hydroxylation sites is 2. The molecule has 0 spiro atoms. The average molecular weight is 393 g/mol. The van der Waals surface area contributed by atoms with E-state index >= 15 is 0 Å². The van der Waals surface area contributed by atoms with Crippen molar-refractivity contribution in [1.82, 2.24) is 14.6 Å². The number of methoxy groups -OCH3 is 1. The van der Waals surface area contributed by atoms with Crippen LogP contribution in [0, 0.1) is 0 Å². The number of carbonyl (C=O) groups excluding carboxylic acids is 1. The molecule has 4 aromatic rings. The molecule has 0 aliphatic heterocycles. The number of nitrogens with zero attached hydrogens (tertiary/aromatic N) is 3. The molecule has 0 fully saturated rings. The summed E-state index contributed by atoms with van der Waals surface area (Å²) in [7, 11) is 1.58. The van der Waals surface area contributed by atoms with Crippen molar-refractivity contribution < 1.29 is 14.3 Å². The normalized spacial score (nSPS) is 11.7. The lowest BCUT2D eigenvalue weighted by molar-refractivity contribution is -0.131. The van der Waals surface area contributed by atoms with Gasteiger partial charge in [-0.3, -0.25) is 9.59 Å². The maximum atomic E-state index is 12.8. The molecular formula is C20H15N3O4S. The van der Waals surface area contributed by atoms with Crippen LogP contribution in [-0.4, -0.2) is 27.7 Å². The predicted octanol–water partition coefficient (Wildman–Crippen LogP) is 2.30. The molecule has 2 heterocycles. The largest absolute Gasteiger partial charge is 0.496 e. The second-order valence-corrected chi connectivity index (χ2v) is 6.89. The fraction of sp³-hybridized carbons (Fsp3) is 0.100. The second kappa shape index (κ2) is 7.24. The predicted molar refractivity (Wildman–Crippen MR) is 106 cm³/mol. The summed E-state index contributed by atoms with van der Waals surface area (Å²) in [5.74, 6) is 0.911. The van der Waals surface area contributed by atoms with Crippen LogP contribution < -0.4 is 19.6 Å². The Morgan fingerprint density at radius 3 is 2.54 bits per heavy atom. The Balaban J connectivity index is 1.81. The molecule has 4 rings (SSSR count). The van der Waals surface area contributed by atoms with Crippen molar-refractivity contribution in [2.45, 2.75) is 6.92 Å². The number of benzene rings is 2. The van der Waals surface area contributed by atoms with E-state index in [1.54, 1.807) is 37.5 Å². The van der Waals surface area contributed by atoms with Gasteiger partial charge in [-0.25, -0.2) is 0 Å². The van der Waals surface area contributed by atoms with Gasteiger partial charge in [0.1, 0.15) is 11.5 Å². The number of ether oxygens (including phenoxy) is 2. The van der Waals surface area contributed by atoms with Gasteiger partial charge in [0, 0.05) is 12.5 Å². The molecule has 0 aliphatic rings. The lowest BCUT2D eigenvalue weighted by Crippen LogP contribution is -2.23. The third-order valence-electron chi connectivity index (χ3n) is 3.99. The third-order valence-corrected chi connectivity index (χ3v) is 4.95. The zero-order valence-corrected chi connectivity index (χ0v) is 15.9. The van der Waals surface area contributed by atoms with Crippen LogP contribution in [0.2, 0.25) is 0 Å². The highest BCUT2D eigenvalue weighted by atomic mass is 32.1. The van der Waals surface area contributed by atoms with Crippen molar-refractivity contribution in [3.63, 3.8) is 0 Å². The van der Waals surface area contributed by atoms with E-state index in [-0.39, 0.29) is 5.56 Å². The highest BCUT2D eigenvalue weighted by molar-refractivity contribution is 7.15. The number of fused-ring (bicyclic) bond motifs is 1. The molecule has 28 heavy (non-hydrogen) atoms. The first-order chi connectivity index (χ1) is 13.6. The van der Waals surface area contributed by atoms with E-state index in [0.717, 1.165) is 5.56 Å². The van der Waals surface area contributed by atoms with Gasteiger partial charge in [-0.2, -0.15) is 9.50 Å². The van der Waals surface area contributed by atoms with Gasteiger partial charge in [0.25, 0.3) is 5.56 Å². The summed E-state index contributed by atoms with van der Waals surface area (Å²) in [6.45, 7) is 1.33. The molecule has 0 saturated carbocycles. The summed E-state index contributed by atoms with van der Waals surface area (Å²) in [6.07, 6.45) is 1.76. The van der Waals surface area contributed by atoms with Gasteiger partial charge >= 0.3 is 5.97 Å². The topological polar surface area (TPSA) is 82.8 Å². The molecule has 0 atom stereocenters. The Morgan fingerprint density at radius 2 is 1.82 bits per heavy atom. The van der Waals surface area contributed by atoms with Crippen molar-refractivity contribution in [1.29, 1.82) is 0 Å². The zero-order valence-electron chi connectivity index (χ0n) is 15.1. The number of hydrogen-bond acceptors (Lipinski definition) is 7. The van der Waals surface area contributed by atoms with Crippen LogP contribution in [0.1, 0.15) is 12.5 Å². The molecule has 2 aromatic carbocycles. The van der Waals surface area contributed by atoms with Crippen LogP contribution in [0.15, 0.2) is 53.3 Å². The molecule has 7 nitrogen and oxygen atoms in total. The minimum Gasteiger partial charge on any atom is -0.496 e. The number of rotatable bonds is 4. The van der Waals surface area contributed by atoms with Crippen molar-refractivity contribution in [2.75, 3.05) is 7.11 Å². The number of aromatic nitrogens is 3. The SMILES string of the molecule is COc1ccccc1/C=c1\sc2nc(-c3ccccc3OC(C)=O)nn2c1=O. The van der Waals surface area contributed by atoms with E-state index in [1.807, 2.05) is 24.3 Å². The molecule has 0 aliphatic carbocycles. The summed E-state index contributed by atoms with van der Waals surface area (Å²) in [4.78, 5) is 29.0. The van der Waals surface area contributed by atoms with E-state index in [4.69, 9.17) is 9.47 Å². The summed E-state index contributed by atoms with van der Waals surface area (Å²) in [5.41, 5.74) is 1.07. The fourth-order valence-electron chi connectivity index (χ4n) is 2.77.